The minimum absolute atomic E-state index is 0.0445. The van der Waals surface area contributed by atoms with Crippen molar-refractivity contribution in [3.8, 4) is 5.75 Å². The van der Waals surface area contributed by atoms with Gasteiger partial charge < -0.3 is 15.4 Å². The Hall–Kier alpha value is -2.85. The molecule has 0 aliphatic heterocycles. The van der Waals surface area contributed by atoms with Crippen molar-refractivity contribution in [2.45, 2.75) is 31.2 Å². The molecule has 0 aliphatic rings. The fourth-order valence-electron chi connectivity index (χ4n) is 2.54. The quantitative estimate of drug-likeness (QED) is 0.520. The molecule has 3 N–H and O–H groups in total. The van der Waals surface area contributed by atoms with Gasteiger partial charge in [0, 0.05) is 17.8 Å². The molecule has 2 aromatic carbocycles. The Labute approximate surface area is 173 Å². The fourth-order valence-corrected chi connectivity index (χ4v) is 4.72. The third-order valence-electron chi connectivity index (χ3n) is 4.20. The molecule has 8 nitrogen and oxygen atoms in total. The first-order valence-electron chi connectivity index (χ1n) is 8.96. The summed E-state index contributed by atoms with van der Waals surface area (Å²) in [6.45, 7) is 3.90. The standard InChI is InChI=1S/C19H22N4O4S2/c1-4-12(2)20-18(24)21-13-10-15(27-3)17-16(11-13)28-19(22-17)23-29(25,26)14-8-6-5-7-9-14/h5-12H,4H2,1-3H3,(H,22,23)(H2,20,21,24)/t12-/m1/s1. The number of carbonyl (C=O) groups is 1. The number of nitrogens with zero attached hydrogens (tertiary/aromatic N) is 1. The zero-order chi connectivity index (χ0) is 21.0. The van der Waals surface area contributed by atoms with Gasteiger partial charge in [0.15, 0.2) is 5.13 Å². The average Bonchev–Trinajstić information content (AvgIpc) is 3.09. The third kappa shape index (κ3) is 4.96. The van der Waals surface area contributed by atoms with Gasteiger partial charge >= 0.3 is 6.03 Å². The predicted octanol–water partition coefficient (Wildman–Crippen LogP) is 4.03. The summed E-state index contributed by atoms with van der Waals surface area (Å²) < 4.78 is 33.6. The zero-order valence-corrected chi connectivity index (χ0v) is 17.9. The summed E-state index contributed by atoms with van der Waals surface area (Å²) in [7, 11) is -2.26. The van der Waals surface area contributed by atoms with Crippen molar-refractivity contribution < 1.29 is 17.9 Å². The van der Waals surface area contributed by atoms with Crippen LogP contribution >= 0.6 is 11.3 Å². The Morgan fingerprint density at radius 1 is 1.24 bits per heavy atom. The van der Waals surface area contributed by atoms with E-state index in [9.17, 15) is 13.2 Å². The summed E-state index contributed by atoms with van der Waals surface area (Å²) >= 11 is 1.15. The highest BCUT2D eigenvalue weighted by molar-refractivity contribution is 7.93. The number of anilines is 2. The summed E-state index contributed by atoms with van der Waals surface area (Å²) in [6, 6.07) is 11.2. The third-order valence-corrected chi connectivity index (χ3v) is 6.60. The van der Waals surface area contributed by atoms with E-state index in [1.165, 1.54) is 19.2 Å². The van der Waals surface area contributed by atoms with Crippen LogP contribution in [-0.4, -0.2) is 32.6 Å². The summed E-state index contributed by atoms with van der Waals surface area (Å²) in [6.07, 6.45) is 0.815. The molecule has 154 valence electrons. The van der Waals surface area contributed by atoms with Crippen molar-refractivity contribution in [3.63, 3.8) is 0 Å². The SMILES string of the molecule is CC[C@@H](C)NC(=O)Nc1cc(OC)c2nc(NS(=O)(=O)c3ccccc3)sc2c1. The number of aromatic nitrogens is 1. The van der Waals surface area contributed by atoms with Crippen LogP contribution in [0.4, 0.5) is 15.6 Å². The Morgan fingerprint density at radius 3 is 2.62 bits per heavy atom. The van der Waals surface area contributed by atoms with Crippen LogP contribution in [0.1, 0.15) is 20.3 Å². The van der Waals surface area contributed by atoms with E-state index in [-0.39, 0.29) is 22.1 Å². The summed E-state index contributed by atoms with van der Waals surface area (Å²) in [5, 5.41) is 5.80. The molecule has 0 fully saturated rings. The van der Waals surface area contributed by atoms with Gasteiger partial charge in [0.2, 0.25) is 0 Å². The molecule has 0 bridgehead atoms. The number of urea groups is 1. The number of ether oxygens (including phenoxy) is 1. The minimum atomic E-state index is -3.75. The number of carbonyl (C=O) groups excluding carboxylic acids is 1. The Balaban J connectivity index is 1.88. The lowest BCUT2D eigenvalue weighted by molar-refractivity contribution is 0.249. The molecule has 1 atom stereocenters. The second kappa shape index (κ2) is 8.66. The molecule has 0 spiro atoms. The second-order valence-electron chi connectivity index (χ2n) is 6.37. The topological polar surface area (TPSA) is 109 Å². The Morgan fingerprint density at radius 2 is 1.97 bits per heavy atom. The van der Waals surface area contributed by atoms with Gasteiger partial charge in [0.25, 0.3) is 10.0 Å². The average molecular weight is 435 g/mol. The number of rotatable bonds is 7. The highest BCUT2D eigenvalue weighted by Gasteiger charge is 2.18. The highest BCUT2D eigenvalue weighted by atomic mass is 32.2. The molecular weight excluding hydrogens is 412 g/mol. The van der Waals surface area contributed by atoms with Gasteiger partial charge in [-0.25, -0.2) is 18.2 Å². The molecular formula is C19H22N4O4S2. The van der Waals surface area contributed by atoms with E-state index in [4.69, 9.17) is 4.74 Å². The van der Waals surface area contributed by atoms with Gasteiger partial charge in [-0.05, 0) is 31.5 Å². The molecule has 3 rings (SSSR count). The lowest BCUT2D eigenvalue weighted by Crippen LogP contribution is -2.35. The maximum absolute atomic E-state index is 12.5. The maximum Gasteiger partial charge on any atom is 0.319 e. The lowest BCUT2D eigenvalue weighted by atomic mass is 10.2. The largest absolute Gasteiger partial charge is 0.494 e. The molecule has 0 saturated carbocycles. The molecule has 1 heterocycles. The van der Waals surface area contributed by atoms with Crippen LogP contribution in [0.15, 0.2) is 47.4 Å². The van der Waals surface area contributed by atoms with Crippen LogP contribution in [0.3, 0.4) is 0 Å². The van der Waals surface area contributed by atoms with Crippen molar-refractivity contribution in [2.75, 3.05) is 17.1 Å². The number of methoxy groups -OCH3 is 1. The molecule has 2 amide bonds. The van der Waals surface area contributed by atoms with Crippen LogP contribution in [0, 0.1) is 0 Å². The summed E-state index contributed by atoms with van der Waals surface area (Å²) in [4.78, 5) is 16.6. The molecule has 3 aromatic rings. The molecule has 0 unspecified atom stereocenters. The van der Waals surface area contributed by atoms with Crippen molar-refractivity contribution in [1.29, 1.82) is 0 Å². The first-order chi connectivity index (χ1) is 13.8. The second-order valence-corrected chi connectivity index (χ2v) is 9.08. The van der Waals surface area contributed by atoms with E-state index in [1.54, 1.807) is 30.3 Å². The fraction of sp³-hybridized carbons (Fsp3) is 0.263. The van der Waals surface area contributed by atoms with E-state index in [0.717, 1.165) is 17.8 Å². The number of amides is 2. The first-order valence-corrected chi connectivity index (χ1v) is 11.3. The minimum Gasteiger partial charge on any atom is -0.494 e. The molecule has 1 aromatic heterocycles. The smallest absolute Gasteiger partial charge is 0.319 e. The van der Waals surface area contributed by atoms with Gasteiger partial charge in [-0.15, -0.1) is 0 Å². The van der Waals surface area contributed by atoms with Crippen molar-refractivity contribution >= 4 is 48.4 Å². The zero-order valence-electron chi connectivity index (χ0n) is 16.2. The molecule has 0 aliphatic carbocycles. The van der Waals surface area contributed by atoms with Crippen LogP contribution in [-0.2, 0) is 10.0 Å². The van der Waals surface area contributed by atoms with E-state index in [1.807, 2.05) is 13.8 Å². The van der Waals surface area contributed by atoms with Gasteiger partial charge in [-0.1, -0.05) is 36.5 Å². The van der Waals surface area contributed by atoms with Gasteiger partial charge in [-0.2, -0.15) is 0 Å². The monoisotopic (exact) mass is 434 g/mol. The van der Waals surface area contributed by atoms with Crippen LogP contribution < -0.4 is 20.1 Å². The normalized spacial score (nSPS) is 12.4. The molecule has 0 saturated heterocycles. The maximum atomic E-state index is 12.5. The van der Waals surface area contributed by atoms with Crippen LogP contribution in [0.5, 0.6) is 5.75 Å². The number of fused-ring (bicyclic) bond motifs is 1. The number of nitrogens with one attached hydrogen (secondary N) is 3. The first kappa shape index (κ1) is 20.9. The molecule has 29 heavy (non-hydrogen) atoms. The van der Waals surface area contributed by atoms with Crippen molar-refractivity contribution in [3.05, 3.63) is 42.5 Å². The molecule has 10 heteroatoms. The number of thiazole rings is 1. The van der Waals surface area contributed by atoms with Crippen molar-refractivity contribution in [1.82, 2.24) is 10.3 Å². The van der Waals surface area contributed by atoms with Crippen LogP contribution in [0.25, 0.3) is 10.2 Å². The van der Waals surface area contributed by atoms with E-state index >= 15 is 0 Å². The Kier molecular flexibility index (Phi) is 6.23. The van der Waals surface area contributed by atoms with E-state index in [2.05, 4.69) is 20.3 Å². The highest BCUT2D eigenvalue weighted by Crippen LogP contribution is 2.36. The number of sulfonamides is 1. The van der Waals surface area contributed by atoms with Gasteiger partial charge in [0.1, 0.15) is 11.3 Å². The number of hydrogen-bond donors (Lipinski definition) is 3. The van der Waals surface area contributed by atoms with Crippen LogP contribution in [0.2, 0.25) is 0 Å². The van der Waals surface area contributed by atoms with E-state index in [0.29, 0.717) is 21.7 Å². The van der Waals surface area contributed by atoms with Crippen molar-refractivity contribution in [2.24, 2.45) is 0 Å². The Bertz CT molecular complexity index is 1110. The number of benzene rings is 2. The van der Waals surface area contributed by atoms with Gasteiger partial charge in [0.05, 0.1) is 16.7 Å². The summed E-state index contributed by atoms with van der Waals surface area (Å²) in [5.74, 6) is 0.433. The summed E-state index contributed by atoms with van der Waals surface area (Å²) in [5.41, 5.74) is 1.03. The molecule has 0 radical (unpaired) electrons. The van der Waals surface area contributed by atoms with Gasteiger partial charge in [-0.3, -0.25) is 4.72 Å². The lowest BCUT2D eigenvalue weighted by Gasteiger charge is -2.13. The van der Waals surface area contributed by atoms with E-state index < -0.39 is 10.0 Å². The predicted molar refractivity (Wildman–Crippen MR) is 115 cm³/mol. The number of hydrogen-bond acceptors (Lipinski definition) is 6.